The zero-order chi connectivity index (χ0) is 14.9. The van der Waals surface area contributed by atoms with Crippen LogP contribution >= 0.6 is 0 Å². The average Bonchev–Trinajstić information content (AvgIpc) is 2.30. The van der Waals surface area contributed by atoms with Crippen LogP contribution in [0.25, 0.3) is 11.3 Å². The Labute approximate surface area is 123 Å². The van der Waals surface area contributed by atoms with Crippen LogP contribution in [0.4, 0.5) is 0 Å². The molecular formula is C19H26N+. The van der Waals surface area contributed by atoms with Crippen molar-refractivity contribution < 1.29 is 4.57 Å². The Balaban J connectivity index is 2.48. The lowest BCUT2D eigenvalue weighted by Crippen LogP contribution is -2.31. The molecule has 1 nitrogen and oxygen atoms in total. The highest BCUT2D eigenvalue weighted by Gasteiger charge is 2.17. The Morgan fingerprint density at radius 2 is 1.70 bits per heavy atom. The molecule has 0 atom stereocenters. The predicted molar refractivity (Wildman–Crippen MR) is 85.7 cm³/mol. The van der Waals surface area contributed by atoms with Crippen molar-refractivity contribution in [3.63, 3.8) is 0 Å². The monoisotopic (exact) mass is 268 g/mol. The fourth-order valence-electron chi connectivity index (χ4n) is 2.70. The van der Waals surface area contributed by atoms with E-state index in [1.165, 1.54) is 27.9 Å². The molecule has 1 aromatic heterocycles. The molecular weight excluding hydrogens is 242 g/mol. The van der Waals surface area contributed by atoms with Gasteiger partial charge in [0.25, 0.3) is 0 Å². The molecule has 2 rings (SSSR count). The third-order valence-electron chi connectivity index (χ3n) is 3.61. The van der Waals surface area contributed by atoms with E-state index in [0.29, 0.717) is 5.41 Å². The van der Waals surface area contributed by atoms with E-state index in [-0.39, 0.29) is 0 Å². The van der Waals surface area contributed by atoms with Crippen LogP contribution in [-0.2, 0) is 13.5 Å². The van der Waals surface area contributed by atoms with Crippen LogP contribution in [-0.4, -0.2) is 0 Å². The summed E-state index contributed by atoms with van der Waals surface area (Å²) < 4.78 is 2.21. The van der Waals surface area contributed by atoms with Gasteiger partial charge in [-0.15, -0.1) is 0 Å². The summed E-state index contributed by atoms with van der Waals surface area (Å²) >= 11 is 0. The van der Waals surface area contributed by atoms with Crippen LogP contribution in [0, 0.1) is 19.3 Å². The zero-order valence-corrected chi connectivity index (χ0v) is 13.6. The maximum atomic E-state index is 2.34. The Hall–Kier alpha value is -1.63. The molecule has 0 aliphatic heterocycles. The second kappa shape index (κ2) is 5.40. The highest BCUT2D eigenvalue weighted by molar-refractivity contribution is 5.62. The predicted octanol–water partition coefficient (Wildman–Crippen LogP) is 4.38. The van der Waals surface area contributed by atoms with E-state index in [9.17, 15) is 0 Å². The minimum Gasteiger partial charge on any atom is -0.201 e. The molecule has 2 aromatic rings. The van der Waals surface area contributed by atoms with Gasteiger partial charge in [-0.1, -0.05) is 38.5 Å². The third-order valence-corrected chi connectivity index (χ3v) is 3.61. The Morgan fingerprint density at radius 3 is 2.30 bits per heavy atom. The van der Waals surface area contributed by atoms with Crippen molar-refractivity contribution in [3.05, 3.63) is 53.2 Å². The van der Waals surface area contributed by atoms with Gasteiger partial charge in [-0.3, -0.25) is 0 Å². The summed E-state index contributed by atoms with van der Waals surface area (Å²) in [4.78, 5) is 0. The van der Waals surface area contributed by atoms with Gasteiger partial charge < -0.3 is 0 Å². The second-order valence-electron chi connectivity index (χ2n) is 7.09. The minimum absolute atomic E-state index is 0.319. The summed E-state index contributed by atoms with van der Waals surface area (Å²) in [6.45, 7) is 11.2. The van der Waals surface area contributed by atoms with Crippen LogP contribution in [0.2, 0.25) is 0 Å². The molecule has 0 unspecified atom stereocenters. The third kappa shape index (κ3) is 3.47. The highest BCUT2D eigenvalue weighted by Crippen LogP contribution is 2.25. The first-order chi connectivity index (χ1) is 9.26. The molecule has 1 heterocycles. The van der Waals surface area contributed by atoms with Gasteiger partial charge in [0.15, 0.2) is 6.20 Å². The van der Waals surface area contributed by atoms with E-state index >= 15 is 0 Å². The number of pyridine rings is 1. The molecule has 1 heteroatoms. The van der Waals surface area contributed by atoms with Crippen LogP contribution in [0.1, 0.15) is 37.5 Å². The maximum absolute atomic E-state index is 2.34. The summed E-state index contributed by atoms with van der Waals surface area (Å²) in [7, 11) is 2.12. The highest BCUT2D eigenvalue weighted by atomic mass is 14.9. The molecule has 0 saturated heterocycles. The van der Waals surface area contributed by atoms with E-state index in [4.69, 9.17) is 0 Å². The minimum atomic E-state index is 0.319. The molecule has 0 saturated carbocycles. The number of hydrogen-bond donors (Lipinski definition) is 0. The topological polar surface area (TPSA) is 3.88 Å². The molecule has 0 fully saturated rings. The second-order valence-corrected chi connectivity index (χ2v) is 7.09. The molecule has 0 amide bonds. The molecule has 1 aromatic carbocycles. The standard InChI is InChI=1S/C19H26N/c1-14-7-8-17(15(2)11-14)18-12-16(9-10-20(18)6)13-19(3,4)5/h7-12H,13H2,1-6H3/q+1. The first kappa shape index (κ1) is 14.8. The summed E-state index contributed by atoms with van der Waals surface area (Å²) in [6.07, 6.45) is 3.28. The van der Waals surface area contributed by atoms with E-state index < -0.39 is 0 Å². The lowest BCUT2D eigenvalue weighted by Gasteiger charge is -2.18. The molecule has 0 bridgehead atoms. The largest absolute Gasteiger partial charge is 0.212 e. The zero-order valence-electron chi connectivity index (χ0n) is 13.6. The lowest BCUT2D eigenvalue weighted by atomic mass is 9.88. The molecule has 0 aliphatic carbocycles. The van der Waals surface area contributed by atoms with Crippen LogP contribution in [0.5, 0.6) is 0 Å². The number of nitrogens with zero attached hydrogens (tertiary/aromatic N) is 1. The van der Waals surface area contributed by atoms with Gasteiger partial charge in [0.1, 0.15) is 7.05 Å². The van der Waals surface area contributed by atoms with Gasteiger partial charge in [0, 0.05) is 17.7 Å². The SMILES string of the molecule is Cc1ccc(-c2cc(CC(C)(C)C)cc[n+]2C)c(C)c1. The summed E-state index contributed by atoms with van der Waals surface area (Å²) in [5.74, 6) is 0. The van der Waals surface area contributed by atoms with Crippen molar-refractivity contribution in [1.82, 2.24) is 0 Å². The van der Waals surface area contributed by atoms with Crippen molar-refractivity contribution in [2.45, 2.75) is 41.0 Å². The summed E-state index contributed by atoms with van der Waals surface area (Å²) in [5, 5.41) is 0. The van der Waals surface area contributed by atoms with E-state index in [0.717, 1.165) is 6.42 Å². The van der Waals surface area contributed by atoms with E-state index in [1.54, 1.807) is 0 Å². The van der Waals surface area contributed by atoms with Crippen molar-refractivity contribution in [3.8, 4) is 11.3 Å². The first-order valence-corrected chi connectivity index (χ1v) is 7.32. The van der Waals surface area contributed by atoms with E-state index in [2.05, 4.69) is 82.8 Å². The number of hydrogen-bond acceptors (Lipinski definition) is 0. The van der Waals surface area contributed by atoms with Gasteiger partial charge in [-0.2, -0.15) is 0 Å². The smallest absolute Gasteiger partial charge is 0.201 e. The first-order valence-electron chi connectivity index (χ1n) is 7.32. The number of benzene rings is 1. The fraction of sp³-hybridized carbons (Fsp3) is 0.421. The summed E-state index contributed by atoms with van der Waals surface area (Å²) in [6, 6.07) is 11.3. The number of rotatable bonds is 2. The van der Waals surface area contributed by atoms with E-state index in [1.807, 2.05) is 0 Å². The van der Waals surface area contributed by atoms with Crippen LogP contribution in [0.15, 0.2) is 36.5 Å². The maximum Gasteiger partial charge on any atom is 0.212 e. The van der Waals surface area contributed by atoms with Crippen molar-refractivity contribution in [2.75, 3.05) is 0 Å². The molecule has 106 valence electrons. The van der Waals surface area contributed by atoms with Gasteiger partial charge >= 0.3 is 0 Å². The average molecular weight is 268 g/mol. The Kier molecular flexibility index (Phi) is 3.99. The van der Waals surface area contributed by atoms with Gasteiger partial charge in [0.2, 0.25) is 5.69 Å². The quantitative estimate of drug-likeness (QED) is 0.711. The molecule has 20 heavy (non-hydrogen) atoms. The van der Waals surface area contributed by atoms with Gasteiger partial charge in [0.05, 0.1) is 0 Å². The van der Waals surface area contributed by atoms with Crippen molar-refractivity contribution in [2.24, 2.45) is 12.5 Å². The molecule has 0 N–H and O–H groups in total. The fourth-order valence-corrected chi connectivity index (χ4v) is 2.70. The Morgan fingerprint density at radius 1 is 1.00 bits per heavy atom. The van der Waals surface area contributed by atoms with Gasteiger partial charge in [-0.25, -0.2) is 4.57 Å². The van der Waals surface area contributed by atoms with Crippen LogP contribution in [0.3, 0.4) is 0 Å². The van der Waals surface area contributed by atoms with Crippen molar-refractivity contribution in [1.29, 1.82) is 0 Å². The Bertz CT molecular complexity index is 618. The molecule has 0 spiro atoms. The summed E-state index contributed by atoms with van der Waals surface area (Å²) in [5.41, 5.74) is 7.01. The van der Waals surface area contributed by atoms with Crippen LogP contribution < -0.4 is 4.57 Å². The molecule has 0 aliphatic rings. The van der Waals surface area contributed by atoms with Gasteiger partial charge in [-0.05, 0) is 42.9 Å². The lowest BCUT2D eigenvalue weighted by molar-refractivity contribution is -0.660. The number of aryl methyl sites for hydroxylation is 3. The normalized spacial score (nSPS) is 11.7. The molecule has 0 radical (unpaired) electrons. The number of aromatic nitrogens is 1. The van der Waals surface area contributed by atoms with Crippen molar-refractivity contribution >= 4 is 0 Å².